The van der Waals surface area contributed by atoms with Gasteiger partial charge in [0.15, 0.2) is 0 Å². The molecule has 5 rings (SSSR count). The van der Waals surface area contributed by atoms with Gasteiger partial charge in [0.25, 0.3) is 0 Å². The van der Waals surface area contributed by atoms with Crippen LogP contribution >= 0.6 is 11.3 Å². The summed E-state index contributed by atoms with van der Waals surface area (Å²) in [5, 5.41) is 1.75. The van der Waals surface area contributed by atoms with Crippen LogP contribution in [0.25, 0.3) is 22.2 Å². The SMILES string of the molecule is Cc1nc(-c2ccc(F)cc2)c(CC(=O)N2CCN(Cc3nc(N)c4ccccc4n3)CC2)s1. The second-order valence-electron chi connectivity index (χ2n) is 8.39. The van der Waals surface area contributed by atoms with Gasteiger partial charge in [0.2, 0.25) is 5.91 Å². The Hall–Kier alpha value is -3.43. The Labute approximate surface area is 201 Å². The summed E-state index contributed by atoms with van der Waals surface area (Å²) >= 11 is 1.52. The van der Waals surface area contributed by atoms with Gasteiger partial charge >= 0.3 is 0 Å². The summed E-state index contributed by atoms with van der Waals surface area (Å²) in [5.74, 6) is 0.979. The first-order chi connectivity index (χ1) is 16.5. The van der Waals surface area contributed by atoms with Crippen LogP contribution in [0.1, 0.15) is 15.7 Å². The number of amides is 1. The molecule has 2 aromatic heterocycles. The number of nitrogens with two attached hydrogens (primary N) is 1. The Balaban J connectivity index is 1.21. The van der Waals surface area contributed by atoms with Gasteiger partial charge in [-0.1, -0.05) is 12.1 Å². The highest BCUT2D eigenvalue weighted by Crippen LogP contribution is 2.29. The Morgan fingerprint density at radius 2 is 1.76 bits per heavy atom. The number of para-hydroxylation sites is 1. The summed E-state index contributed by atoms with van der Waals surface area (Å²) in [7, 11) is 0. The first-order valence-electron chi connectivity index (χ1n) is 11.2. The largest absolute Gasteiger partial charge is 0.383 e. The third kappa shape index (κ3) is 4.76. The van der Waals surface area contributed by atoms with Gasteiger partial charge in [-0.2, -0.15) is 0 Å². The molecular formula is C25H25FN6OS. The fourth-order valence-electron chi connectivity index (χ4n) is 4.25. The number of nitrogens with zero attached hydrogens (tertiary/aromatic N) is 5. The van der Waals surface area contributed by atoms with E-state index >= 15 is 0 Å². The molecule has 0 atom stereocenters. The molecule has 0 unspecified atom stereocenters. The average molecular weight is 477 g/mol. The number of anilines is 1. The number of carbonyl (C=O) groups excluding carboxylic acids is 1. The molecule has 7 nitrogen and oxygen atoms in total. The number of nitrogen functional groups attached to an aromatic ring is 1. The van der Waals surface area contributed by atoms with Crippen molar-refractivity contribution in [2.24, 2.45) is 0 Å². The van der Waals surface area contributed by atoms with Crippen molar-refractivity contribution < 1.29 is 9.18 Å². The summed E-state index contributed by atoms with van der Waals surface area (Å²) in [5.41, 5.74) is 8.55. The lowest BCUT2D eigenvalue weighted by Crippen LogP contribution is -2.48. The van der Waals surface area contributed by atoms with Crippen LogP contribution in [0, 0.1) is 12.7 Å². The van der Waals surface area contributed by atoms with Crippen LogP contribution in [0.3, 0.4) is 0 Å². The maximum atomic E-state index is 13.3. The molecule has 4 aromatic rings. The van der Waals surface area contributed by atoms with Gasteiger partial charge in [-0.05, 0) is 43.3 Å². The highest BCUT2D eigenvalue weighted by molar-refractivity contribution is 7.12. The second kappa shape index (κ2) is 9.44. The molecule has 0 bridgehead atoms. The molecule has 0 radical (unpaired) electrons. The normalized spacial score (nSPS) is 14.6. The zero-order valence-corrected chi connectivity index (χ0v) is 19.7. The lowest BCUT2D eigenvalue weighted by Gasteiger charge is -2.34. The summed E-state index contributed by atoms with van der Waals surface area (Å²) in [4.78, 5) is 31.8. The fourth-order valence-corrected chi connectivity index (χ4v) is 5.20. The summed E-state index contributed by atoms with van der Waals surface area (Å²) in [6.45, 7) is 5.30. The van der Waals surface area contributed by atoms with Crippen molar-refractivity contribution in [3.63, 3.8) is 0 Å². The number of piperazine rings is 1. The highest BCUT2D eigenvalue weighted by atomic mass is 32.1. The lowest BCUT2D eigenvalue weighted by atomic mass is 10.1. The van der Waals surface area contributed by atoms with E-state index in [0.717, 1.165) is 45.1 Å². The van der Waals surface area contributed by atoms with Crippen LogP contribution in [0.4, 0.5) is 10.2 Å². The van der Waals surface area contributed by atoms with E-state index in [-0.39, 0.29) is 11.7 Å². The molecule has 2 aromatic carbocycles. The topological polar surface area (TPSA) is 88.2 Å². The minimum Gasteiger partial charge on any atom is -0.383 e. The van der Waals surface area contributed by atoms with Gasteiger partial charge < -0.3 is 10.6 Å². The number of fused-ring (bicyclic) bond motifs is 1. The molecule has 1 amide bonds. The predicted octanol–water partition coefficient (Wildman–Crippen LogP) is 3.67. The minimum atomic E-state index is -0.289. The number of hydrogen-bond acceptors (Lipinski definition) is 7. The van der Waals surface area contributed by atoms with Gasteiger partial charge in [-0.3, -0.25) is 9.69 Å². The van der Waals surface area contributed by atoms with Crippen LogP contribution in [0.5, 0.6) is 0 Å². The van der Waals surface area contributed by atoms with Crippen LogP contribution in [-0.2, 0) is 17.8 Å². The molecule has 9 heteroatoms. The van der Waals surface area contributed by atoms with Crippen LogP contribution < -0.4 is 5.73 Å². The first-order valence-corrected chi connectivity index (χ1v) is 12.0. The summed E-state index contributed by atoms with van der Waals surface area (Å²) in [6, 6.07) is 14.0. The van der Waals surface area contributed by atoms with E-state index in [0.29, 0.717) is 37.7 Å². The minimum absolute atomic E-state index is 0.0814. The van der Waals surface area contributed by atoms with Crippen molar-refractivity contribution in [2.75, 3.05) is 31.9 Å². The molecule has 1 fully saturated rings. The molecular weight excluding hydrogens is 451 g/mol. The van der Waals surface area contributed by atoms with Crippen LogP contribution in [0.2, 0.25) is 0 Å². The third-order valence-corrected chi connectivity index (χ3v) is 6.97. The van der Waals surface area contributed by atoms with Crippen molar-refractivity contribution in [3.05, 3.63) is 70.1 Å². The standard InChI is InChI=1S/C25H25FN6OS/c1-16-28-24(17-6-8-18(26)9-7-17)21(34-16)14-23(33)32-12-10-31(11-13-32)15-22-29-20-5-3-2-4-19(20)25(27)30-22/h2-9H,10-15H2,1H3,(H2,27,29,30). The van der Waals surface area contributed by atoms with E-state index in [1.54, 1.807) is 12.1 Å². The van der Waals surface area contributed by atoms with E-state index in [1.165, 1.54) is 23.5 Å². The number of halogens is 1. The number of rotatable bonds is 5. The van der Waals surface area contributed by atoms with Gasteiger partial charge in [0.1, 0.15) is 17.5 Å². The Kier molecular flexibility index (Phi) is 6.21. The molecule has 1 aliphatic heterocycles. The first kappa shape index (κ1) is 22.4. The van der Waals surface area contributed by atoms with Crippen molar-refractivity contribution in [1.29, 1.82) is 0 Å². The Morgan fingerprint density at radius 3 is 2.53 bits per heavy atom. The average Bonchev–Trinajstić information content (AvgIpc) is 3.20. The van der Waals surface area contributed by atoms with Gasteiger partial charge in [0.05, 0.1) is 29.2 Å². The zero-order valence-electron chi connectivity index (χ0n) is 18.9. The third-order valence-electron chi connectivity index (χ3n) is 6.00. The number of benzene rings is 2. The summed E-state index contributed by atoms with van der Waals surface area (Å²) in [6.07, 6.45) is 0.294. The summed E-state index contributed by atoms with van der Waals surface area (Å²) < 4.78 is 13.3. The van der Waals surface area contributed by atoms with E-state index in [2.05, 4.69) is 19.9 Å². The van der Waals surface area contributed by atoms with Gasteiger partial charge in [0, 0.05) is 42.0 Å². The lowest BCUT2D eigenvalue weighted by molar-refractivity contribution is -0.132. The maximum absolute atomic E-state index is 13.3. The van der Waals surface area contributed by atoms with Gasteiger partial charge in [-0.15, -0.1) is 11.3 Å². The zero-order chi connectivity index (χ0) is 23.7. The molecule has 2 N–H and O–H groups in total. The van der Waals surface area contributed by atoms with Crippen LogP contribution in [-0.4, -0.2) is 56.8 Å². The molecule has 0 saturated carbocycles. The van der Waals surface area contributed by atoms with E-state index in [9.17, 15) is 9.18 Å². The van der Waals surface area contributed by atoms with Crippen molar-refractivity contribution in [1.82, 2.24) is 24.8 Å². The second-order valence-corrected chi connectivity index (χ2v) is 9.68. The molecule has 3 heterocycles. The molecule has 174 valence electrons. The molecule has 0 aliphatic carbocycles. The number of thiazole rings is 1. The fraction of sp³-hybridized carbons (Fsp3) is 0.280. The van der Waals surface area contributed by atoms with Crippen molar-refractivity contribution in [3.8, 4) is 11.3 Å². The predicted molar refractivity (Wildman–Crippen MR) is 132 cm³/mol. The molecule has 34 heavy (non-hydrogen) atoms. The van der Waals surface area contributed by atoms with E-state index < -0.39 is 0 Å². The Morgan fingerprint density at radius 1 is 1.03 bits per heavy atom. The number of carbonyl (C=O) groups is 1. The maximum Gasteiger partial charge on any atom is 0.227 e. The number of aromatic nitrogens is 3. The van der Waals surface area contributed by atoms with Crippen LogP contribution in [0.15, 0.2) is 48.5 Å². The number of aryl methyl sites for hydroxylation is 1. The smallest absolute Gasteiger partial charge is 0.227 e. The Bertz CT molecular complexity index is 1330. The van der Waals surface area contributed by atoms with Crippen molar-refractivity contribution in [2.45, 2.75) is 19.9 Å². The highest BCUT2D eigenvalue weighted by Gasteiger charge is 2.24. The monoisotopic (exact) mass is 476 g/mol. The van der Waals surface area contributed by atoms with E-state index in [4.69, 9.17) is 5.73 Å². The van der Waals surface area contributed by atoms with Gasteiger partial charge in [-0.25, -0.2) is 19.3 Å². The van der Waals surface area contributed by atoms with Crippen molar-refractivity contribution >= 4 is 34.0 Å². The quantitative estimate of drug-likeness (QED) is 0.473. The van der Waals surface area contributed by atoms with E-state index in [1.807, 2.05) is 36.1 Å². The molecule has 1 aliphatic rings. The molecule has 0 spiro atoms. The number of hydrogen-bond donors (Lipinski definition) is 1. The molecule has 1 saturated heterocycles.